The number of aromatic nitrogens is 2. The van der Waals surface area contributed by atoms with Crippen LogP contribution in [0.4, 0.5) is 17.1 Å². The third kappa shape index (κ3) is 5.03. The van der Waals surface area contributed by atoms with E-state index < -0.39 is 0 Å². The number of fused-ring (bicyclic) bond motifs is 1. The molecule has 0 spiro atoms. The van der Waals surface area contributed by atoms with E-state index in [1.807, 2.05) is 54.9 Å². The van der Waals surface area contributed by atoms with Gasteiger partial charge in [0.25, 0.3) is 0 Å². The quantitative estimate of drug-likeness (QED) is 0.204. The molecule has 0 aliphatic carbocycles. The topological polar surface area (TPSA) is 52.8 Å². The molecule has 4 nitrogen and oxygen atoms in total. The van der Waals surface area contributed by atoms with Crippen molar-refractivity contribution in [3.63, 3.8) is 0 Å². The van der Waals surface area contributed by atoms with Gasteiger partial charge in [-0.1, -0.05) is 48.5 Å². The first kappa shape index (κ1) is 25.4. The normalized spacial score (nSPS) is 10.8. The molecule has 0 N–H and O–H groups in total. The molecule has 0 saturated heterocycles. The summed E-state index contributed by atoms with van der Waals surface area (Å²) in [5, 5.41) is 10.2. The van der Waals surface area contributed by atoms with Crippen LogP contribution in [0.1, 0.15) is 5.56 Å². The van der Waals surface area contributed by atoms with Gasteiger partial charge in [0.15, 0.2) is 0 Å². The van der Waals surface area contributed by atoms with Crippen LogP contribution in [0.15, 0.2) is 146 Å². The molecule has 5 heteroatoms. The van der Waals surface area contributed by atoms with Gasteiger partial charge < -0.3 is 4.90 Å². The zero-order valence-electron chi connectivity index (χ0n) is 22.6. The summed E-state index contributed by atoms with van der Waals surface area (Å²) in [4.78, 5) is 11.3. The standard InChI is InChI=1S/C37H24N4S/c38-25-26-5-7-27(8-6-26)28-9-15-32(16-10-28)41(33-17-11-29(12-18-33)30-21-23-39-24-22-30)34-19-13-31(14-20-34)37-40-35-3-1-2-4-36(35)42-37/h1-24H. The minimum atomic E-state index is 0.658. The van der Waals surface area contributed by atoms with Crippen LogP contribution >= 0.6 is 11.3 Å². The Hall–Kier alpha value is -5.57. The van der Waals surface area contributed by atoms with Gasteiger partial charge in [-0.05, 0) is 107 Å². The van der Waals surface area contributed by atoms with Gasteiger partial charge in [-0.25, -0.2) is 4.98 Å². The molecule has 0 aliphatic rings. The fraction of sp³-hybridized carbons (Fsp3) is 0. The van der Waals surface area contributed by atoms with Crippen molar-refractivity contribution < 1.29 is 0 Å². The van der Waals surface area contributed by atoms with Crippen molar-refractivity contribution in [2.24, 2.45) is 0 Å². The SMILES string of the molecule is N#Cc1ccc(-c2ccc(N(c3ccc(-c4ccncc4)cc3)c3ccc(-c4nc5ccccc5s4)cc3)cc2)cc1. The van der Waals surface area contributed by atoms with E-state index in [1.165, 1.54) is 4.70 Å². The third-order valence-electron chi connectivity index (χ3n) is 7.28. The van der Waals surface area contributed by atoms with E-state index in [0.29, 0.717) is 5.56 Å². The van der Waals surface area contributed by atoms with Crippen LogP contribution in [0.3, 0.4) is 0 Å². The molecule has 5 aromatic carbocycles. The molecule has 0 atom stereocenters. The second-order valence-corrected chi connectivity index (χ2v) is 10.9. The van der Waals surface area contributed by atoms with Crippen LogP contribution < -0.4 is 4.90 Å². The first-order chi connectivity index (χ1) is 20.7. The molecule has 0 bridgehead atoms. The molecule has 0 radical (unpaired) electrons. The molecule has 42 heavy (non-hydrogen) atoms. The molecule has 7 aromatic rings. The zero-order chi connectivity index (χ0) is 28.3. The minimum Gasteiger partial charge on any atom is -0.311 e. The number of pyridine rings is 1. The summed E-state index contributed by atoms with van der Waals surface area (Å²) in [6.07, 6.45) is 3.63. The van der Waals surface area contributed by atoms with E-state index in [4.69, 9.17) is 10.2 Å². The number of benzene rings is 5. The van der Waals surface area contributed by atoms with Crippen molar-refractivity contribution in [2.45, 2.75) is 0 Å². The molecule has 2 heterocycles. The number of thiazole rings is 1. The Kier molecular flexibility index (Phi) is 6.73. The summed E-state index contributed by atoms with van der Waals surface area (Å²) >= 11 is 1.71. The summed E-state index contributed by atoms with van der Waals surface area (Å²) < 4.78 is 1.19. The maximum Gasteiger partial charge on any atom is 0.124 e. The number of rotatable bonds is 6. The summed E-state index contributed by atoms with van der Waals surface area (Å²) in [5.74, 6) is 0. The highest BCUT2D eigenvalue weighted by Gasteiger charge is 2.14. The van der Waals surface area contributed by atoms with E-state index in [0.717, 1.165) is 55.4 Å². The summed E-state index contributed by atoms with van der Waals surface area (Å²) in [5.41, 5.74) is 10.4. The molecule has 2 aromatic heterocycles. The average molecular weight is 557 g/mol. The maximum atomic E-state index is 9.15. The fourth-order valence-corrected chi connectivity index (χ4v) is 6.05. The van der Waals surface area contributed by atoms with Gasteiger partial charge in [-0.15, -0.1) is 11.3 Å². The Balaban J connectivity index is 1.25. The second-order valence-electron chi connectivity index (χ2n) is 9.89. The van der Waals surface area contributed by atoms with Gasteiger partial charge in [0.2, 0.25) is 0 Å². The van der Waals surface area contributed by atoms with Gasteiger partial charge in [0.05, 0.1) is 21.8 Å². The Morgan fingerprint density at radius 2 is 1.00 bits per heavy atom. The minimum absolute atomic E-state index is 0.658. The first-order valence-corrected chi connectivity index (χ1v) is 14.4. The van der Waals surface area contributed by atoms with Crippen LogP contribution in [0.2, 0.25) is 0 Å². The van der Waals surface area contributed by atoms with Crippen molar-refractivity contribution in [2.75, 3.05) is 4.90 Å². The predicted octanol–water partition coefficient (Wildman–Crippen LogP) is 10.0. The molecular formula is C37H24N4S. The van der Waals surface area contributed by atoms with Gasteiger partial charge >= 0.3 is 0 Å². The zero-order valence-corrected chi connectivity index (χ0v) is 23.4. The Bertz CT molecular complexity index is 1970. The van der Waals surface area contributed by atoms with E-state index in [9.17, 15) is 0 Å². The van der Waals surface area contributed by atoms with Gasteiger partial charge in [-0.3, -0.25) is 4.98 Å². The monoisotopic (exact) mass is 556 g/mol. The van der Waals surface area contributed by atoms with E-state index >= 15 is 0 Å². The average Bonchev–Trinajstić information content (AvgIpc) is 3.51. The van der Waals surface area contributed by atoms with Crippen molar-refractivity contribution in [3.8, 4) is 38.9 Å². The Labute approximate surface area is 248 Å². The highest BCUT2D eigenvalue weighted by Crippen LogP contribution is 2.38. The molecule has 0 unspecified atom stereocenters. The number of anilines is 3. The highest BCUT2D eigenvalue weighted by molar-refractivity contribution is 7.21. The highest BCUT2D eigenvalue weighted by atomic mass is 32.1. The van der Waals surface area contributed by atoms with Crippen molar-refractivity contribution >= 4 is 38.6 Å². The maximum absolute atomic E-state index is 9.15. The van der Waals surface area contributed by atoms with Crippen LogP contribution in [0.25, 0.3) is 43.0 Å². The van der Waals surface area contributed by atoms with Crippen LogP contribution in [0.5, 0.6) is 0 Å². The number of nitriles is 1. The lowest BCUT2D eigenvalue weighted by Crippen LogP contribution is -2.09. The Morgan fingerprint density at radius 3 is 1.52 bits per heavy atom. The molecule has 0 saturated carbocycles. The van der Waals surface area contributed by atoms with Crippen molar-refractivity contribution in [1.29, 1.82) is 5.26 Å². The number of hydrogen-bond donors (Lipinski definition) is 0. The number of nitrogens with zero attached hydrogens (tertiary/aromatic N) is 4. The molecular weight excluding hydrogens is 533 g/mol. The lowest BCUT2D eigenvalue weighted by Gasteiger charge is -2.26. The summed E-state index contributed by atoms with van der Waals surface area (Å²) in [6.45, 7) is 0. The predicted molar refractivity (Wildman–Crippen MR) is 173 cm³/mol. The number of para-hydroxylation sites is 1. The van der Waals surface area contributed by atoms with Gasteiger partial charge in [0, 0.05) is 35.0 Å². The summed E-state index contributed by atoms with van der Waals surface area (Å²) in [6, 6.07) is 48.0. The molecule has 0 fully saturated rings. The Morgan fingerprint density at radius 1 is 0.524 bits per heavy atom. The lowest BCUT2D eigenvalue weighted by molar-refractivity contribution is 1.28. The smallest absolute Gasteiger partial charge is 0.124 e. The van der Waals surface area contributed by atoms with E-state index in [1.54, 1.807) is 11.3 Å². The fourth-order valence-electron chi connectivity index (χ4n) is 5.08. The lowest BCUT2D eigenvalue weighted by atomic mass is 10.0. The van der Waals surface area contributed by atoms with E-state index in [-0.39, 0.29) is 0 Å². The van der Waals surface area contributed by atoms with Gasteiger partial charge in [0.1, 0.15) is 5.01 Å². The van der Waals surface area contributed by atoms with Crippen LogP contribution in [-0.4, -0.2) is 9.97 Å². The first-order valence-electron chi connectivity index (χ1n) is 13.6. The second kappa shape index (κ2) is 11.1. The molecule has 0 amide bonds. The van der Waals surface area contributed by atoms with Crippen LogP contribution in [-0.2, 0) is 0 Å². The summed E-state index contributed by atoms with van der Waals surface area (Å²) in [7, 11) is 0. The van der Waals surface area contributed by atoms with Crippen molar-refractivity contribution in [3.05, 3.63) is 151 Å². The molecule has 198 valence electrons. The van der Waals surface area contributed by atoms with E-state index in [2.05, 4.69) is 107 Å². The molecule has 0 aliphatic heterocycles. The third-order valence-corrected chi connectivity index (χ3v) is 8.36. The molecule has 7 rings (SSSR count). The van der Waals surface area contributed by atoms with Gasteiger partial charge in [-0.2, -0.15) is 5.26 Å². The largest absolute Gasteiger partial charge is 0.311 e. The van der Waals surface area contributed by atoms with Crippen molar-refractivity contribution in [1.82, 2.24) is 9.97 Å². The van der Waals surface area contributed by atoms with Crippen LogP contribution in [0, 0.1) is 11.3 Å². The number of hydrogen-bond acceptors (Lipinski definition) is 5.